The fourth-order valence-electron chi connectivity index (χ4n) is 1.08. The minimum atomic E-state index is 0. The van der Waals surface area contributed by atoms with Crippen LogP contribution in [0, 0.1) is 6.92 Å². The van der Waals surface area contributed by atoms with Crippen LogP contribution in [0.3, 0.4) is 0 Å². The molecule has 0 fully saturated rings. The summed E-state index contributed by atoms with van der Waals surface area (Å²) < 4.78 is 0. The topological polar surface area (TPSA) is 12.0 Å². The van der Waals surface area contributed by atoms with Gasteiger partial charge in [0.1, 0.15) is 0 Å². The summed E-state index contributed by atoms with van der Waals surface area (Å²) in [4.78, 5) is 0. The van der Waals surface area contributed by atoms with Gasteiger partial charge in [-0.15, -0.1) is 0 Å². The van der Waals surface area contributed by atoms with Crippen LogP contribution >= 0.6 is 0 Å². The molecule has 1 aromatic rings. The van der Waals surface area contributed by atoms with Crippen LogP contribution in [0.2, 0.25) is 0 Å². The van der Waals surface area contributed by atoms with Crippen LogP contribution < -0.4 is 5.32 Å². The number of anilines is 1. The summed E-state index contributed by atoms with van der Waals surface area (Å²) in [6, 6.07) is 6.25. The zero-order chi connectivity index (χ0) is 12.3. The van der Waals surface area contributed by atoms with E-state index in [-0.39, 0.29) is 1.43 Å². The minimum absolute atomic E-state index is 0. The Morgan fingerprint density at radius 3 is 2.13 bits per heavy atom. The molecule has 1 aromatic carbocycles. The fourth-order valence-corrected chi connectivity index (χ4v) is 1.08. The lowest BCUT2D eigenvalue weighted by molar-refractivity contribution is 1.42. The van der Waals surface area contributed by atoms with Gasteiger partial charge in [-0.3, -0.25) is 0 Å². The molecule has 0 bridgehead atoms. The monoisotopic (exact) mass is 209 g/mol. The SMILES string of the molecule is C=Cc1cc(C)ccc1NC.CC.CC.[HH]. The van der Waals surface area contributed by atoms with Crippen LogP contribution in [0.5, 0.6) is 0 Å². The highest BCUT2D eigenvalue weighted by Gasteiger charge is 1.94. The predicted octanol–water partition coefficient (Wildman–Crippen LogP) is 4.98. The van der Waals surface area contributed by atoms with Gasteiger partial charge in [0.25, 0.3) is 0 Å². The molecule has 0 radical (unpaired) electrons. The number of hydrogen-bond acceptors (Lipinski definition) is 1. The molecule has 0 aliphatic carbocycles. The first-order chi connectivity index (χ1) is 7.27. The highest BCUT2D eigenvalue weighted by Crippen LogP contribution is 2.17. The zero-order valence-corrected chi connectivity index (χ0v) is 11.0. The van der Waals surface area contributed by atoms with Crippen molar-refractivity contribution in [2.75, 3.05) is 12.4 Å². The normalized spacial score (nSPS) is 7.60. The maximum Gasteiger partial charge on any atom is 0.0411 e. The quantitative estimate of drug-likeness (QED) is 0.724. The average molecular weight is 209 g/mol. The third-order valence-electron chi connectivity index (χ3n) is 1.70. The van der Waals surface area contributed by atoms with Crippen LogP contribution in [0.15, 0.2) is 24.8 Å². The predicted molar refractivity (Wildman–Crippen MR) is 75.6 cm³/mol. The number of hydrogen-bond donors (Lipinski definition) is 1. The Balaban J connectivity index is -0.000000305. The van der Waals surface area contributed by atoms with E-state index in [2.05, 4.69) is 37.0 Å². The highest BCUT2D eigenvalue weighted by atomic mass is 14.8. The molecule has 0 unspecified atom stereocenters. The van der Waals surface area contributed by atoms with Gasteiger partial charge in [-0.1, -0.05) is 52.0 Å². The molecule has 1 N–H and O–H groups in total. The maximum absolute atomic E-state index is 3.74. The third-order valence-corrected chi connectivity index (χ3v) is 1.70. The van der Waals surface area contributed by atoms with Crippen molar-refractivity contribution in [3.63, 3.8) is 0 Å². The Hall–Kier alpha value is -1.24. The van der Waals surface area contributed by atoms with Crippen LogP contribution in [-0.4, -0.2) is 7.05 Å². The second-order valence-electron chi connectivity index (χ2n) is 2.54. The van der Waals surface area contributed by atoms with E-state index in [4.69, 9.17) is 0 Å². The standard InChI is InChI=1S/C10H13N.2C2H6.H2/c1-4-9-7-8(2)5-6-10(9)11-3;2*1-2;/h4-7,11H,1H2,2-3H3;2*1-2H3;1H. The Labute approximate surface area is 96.7 Å². The molecule has 0 amide bonds. The number of nitrogens with one attached hydrogen (secondary N) is 1. The van der Waals surface area contributed by atoms with Crippen molar-refractivity contribution >= 4 is 11.8 Å². The van der Waals surface area contributed by atoms with Crippen molar-refractivity contribution in [2.24, 2.45) is 0 Å². The van der Waals surface area contributed by atoms with Gasteiger partial charge in [0.2, 0.25) is 0 Å². The molecule has 15 heavy (non-hydrogen) atoms. The van der Waals surface area contributed by atoms with Crippen LogP contribution in [0.25, 0.3) is 6.08 Å². The van der Waals surface area contributed by atoms with Crippen molar-refractivity contribution in [3.8, 4) is 0 Å². The van der Waals surface area contributed by atoms with Crippen molar-refractivity contribution in [2.45, 2.75) is 34.6 Å². The summed E-state index contributed by atoms with van der Waals surface area (Å²) in [5, 5.41) is 3.10. The molecule has 0 aliphatic rings. The van der Waals surface area contributed by atoms with E-state index in [0.29, 0.717) is 0 Å². The number of benzene rings is 1. The van der Waals surface area contributed by atoms with Crippen molar-refractivity contribution < 1.29 is 1.43 Å². The summed E-state index contributed by atoms with van der Waals surface area (Å²) in [5.41, 5.74) is 3.55. The Morgan fingerprint density at radius 2 is 1.73 bits per heavy atom. The van der Waals surface area contributed by atoms with E-state index in [1.165, 1.54) is 5.56 Å². The molecule has 0 heterocycles. The van der Waals surface area contributed by atoms with Crippen LogP contribution in [-0.2, 0) is 0 Å². The lowest BCUT2D eigenvalue weighted by Crippen LogP contribution is -1.91. The summed E-state index contributed by atoms with van der Waals surface area (Å²) in [6.45, 7) is 13.8. The molecule has 1 rings (SSSR count). The van der Waals surface area contributed by atoms with Gasteiger partial charge in [0.05, 0.1) is 0 Å². The molecular weight excluding hydrogens is 182 g/mol. The smallest absolute Gasteiger partial charge is 0.0411 e. The molecule has 0 aliphatic heterocycles. The lowest BCUT2D eigenvalue weighted by atomic mass is 10.1. The Kier molecular flexibility index (Phi) is 11.7. The molecular formula is C14H27N. The van der Waals surface area contributed by atoms with E-state index < -0.39 is 0 Å². The van der Waals surface area contributed by atoms with Crippen LogP contribution in [0.4, 0.5) is 5.69 Å². The van der Waals surface area contributed by atoms with Gasteiger partial charge < -0.3 is 5.32 Å². The van der Waals surface area contributed by atoms with Gasteiger partial charge in [-0.05, 0) is 24.6 Å². The highest BCUT2D eigenvalue weighted by molar-refractivity contribution is 5.66. The molecule has 88 valence electrons. The van der Waals surface area contributed by atoms with Crippen molar-refractivity contribution in [1.29, 1.82) is 0 Å². The zero-order valence-electron chi connectivity index (χ0n) is 11.0. The molecule has 1 heteroatoms. The fraction of sp³-hybridized carbons (Fsp3) is 0.429. The average Bonchev–Trinajstić information content (AvgIpc) is 2.34. The summed E-state index contributed by atoms with van der Waals surface area (Å²) >= 11 is 0. The van der Waals surface area contributed by atoms with Crippen LogP contribution in [0.1, 0.15) is 40.2 Å². The number of rotatable bonds is 2. The minimum Gasteiger partial charge on any atom is -0.388 e. The van der Waals surface area contributed by atoms with Gasteiger partial charge in [-0.25, -0.2) is 0 Å². The van der Waals surface area contributed by atoms with E-state index >= 15 is 0 Å². The van der Waals surface area contributed by atoms with E-state index in [1.807, 2.05) is 40.8 Å². The summed E-state index contributed by atoms with van der Waals surface area (Å²) in [5.74, 6) is 0. The molecule has 0 saturated heterocycles. The van der Waals surface area contributed by atoms with Gasteiger partial charge in [0, 0.05) is 14.2 Å². The second kappa shape index (κ2) is 10.8. The molecule has 0 spiro atoms. The molecule has 0 aromatic heterocycles. The molecule has 1 nitrogen and oxygen atoms in total. The van der Waals surface area contributed by atoms with Crippen molar-refractivity contribution in [3.05, 3.63) is 35.9 Å². The van der Waals surface area contributed by atoms with Crippen molar-refractivity contribution in [1.82, 2.24) is 0 Å². The summed E-state index contributed by atoms with van der Waals surface area (Å²) in [7, 11) is 1.91. The second-order valence-corrected chi connectivity index (χ2v) is 2.54. The first-order valence-electron chi connectivity index (χ1n) is 5.68. The van der Waals surface area contributed by atoms with E-state index in [0.717, 1.165) is 11.3 Å². The van der Waals surface area contributed by atoms with Gasteiger partial charge in [-0.2, -0.15) is 0 Å². The van der Waals surface area contributed by atoms with E-state index in [9.17, 15) is 0 Å². The summed E-state index contributed by atoms with van der Waals surface area (Å²) in [6.07, 6.45) is 1.86. The molecule has 0 atom stereocenters. The largest absolute Gasteiger partial charge is 0.388 e. The van der Waals surface area contributed by atoms with Gasteiger partial charge in [0.15, 0.2) is 0 Å². The Morgan fingerprint density at radius 1 is 1.20 bits per heavy atom. The lowest BCUT2D eigenvalue weighted by Gasteiger charge is -2.05. The van der Waals surface area contributed by atoms with E-state index in [1.54, 1.807) is 0 Å². The third kappa shape index (κ3) is 5.95. The van der Waals surface area contributed by atoms with Gasteiger partial charge >= 0.3 is 0 Å². The first-order valence-corrected chi connectivity index (χ1v) is 5.68. The number of aryl methyl sites for hydroxylation is 1. The Bertz CT molecular complexity index is 269. The maximum atomic E-state index is 3.74. The first kappa shape index (κ1) is 16.2. The molecule has 0 saturated carbocycles.